The highest BCUT2D eigenvalue weighted by Gasteiger charge is 2.06. The average Bonchev–Trinajstić information content (AvgIpc) is 2.29. The van der Waals surface area contributed by atoms with Crippen LogP contribution < -0.4 is 15.8 Å². The molecule has 2 nitrogen and oxygen atoms in total. The summed E-state index contributed by atoms with van der Waals surface area (Å²) in [6.07, 6.45) is 11.1. The van der Waals surface area contributed by atoms with Crippen molar-refractivity contribution in [1.29, 1.82) is 0 Å². The van der Waals surface area contributed by atoms with E-state index >= 15 is 0 Å². The van der Waals surface area contributed by atoms with Gasteiger partial charge in [-0.15, -0.1) is 0 Å². The van der Waals surface area contributed by atoms with Crippen LogP contribution in [0.25, 0.3) is 12.2 Å². The number of nitrogens with zero attached hydrogens (tertiary/aromatic N) is 1. The first-order valence-electron chi connectivity index (χ1n) is 4.74. The molecule has 0 atom stereocenters. The Morgan fingerprint density at radius 1 is 1.21 bits per heavy atom. The third-order valence-electron chi connectivity index (χ3n) is 2.50. The molecule has 0 amide bonds. The second-order valence-electron chi connectivity index (χ2n) is 3.39. The predicted octanol–water partition coefficient (Wildman–Crippen LogP) is 1.29. The maximum atomic E-state index is 4.43. The van der Waals surface area contributed by atoms with Gasteiger partial charge in [-0.2, -0.15) is 0 Å². The van der Waals surface area contributed by atoms with Crippen LogP contribution in [0.1, 0.15) is 6.42 Å². The van der Waals surface area contributed by atoms with Crippen LogP contribution in [0.3, 0.4) is 0 Å². The van der Waals surface area contributed by atoms with Crippen molar-refractivity contribution in [1.82, 2.24) is 0 Å². The first-order chi connectivity index (χ1) is 6.95. The highest BCUT2D eigenvalue weighted by molar-refractivity contribution is 5.81. The van der Waals surface area contributed by atoms with Gasteiger partial charge in [0.1, 0.15) is 0 Å². The van der Waals surface area contributed by atoms with E-state index in [0.717, 1.165) is 17.8 Å². The van der Waals surface area contributed by atoms with E-state index in [9.17, 15) is 0 Å². The lowest BCUT2D eigenvalue weighted by Crippen LogP contribution is -2.17. The van der Waals surface area contributed by atoms with Crippen molar-refractivity contribution < 1.29 is 0 Å². The number of rotatable bonds is 0. The van der Waals surface area contributed by atoms with Gasteiger partial charge in [-0.25, -0.2) is 0 Å². The molecule has 2 heterocycles. The highest BCUT2D eigenvalue weighted by Crippen LogP contribution is 2.18. The molecule has 0 aliphatic carbocycles. The Morgan fingerprint density at radius 2 is 2.14 bits per heavy atom. The fraction of sp³-hybridized carbons (Fsp3) is 0.0833. The number of hydrogen-bond acceptors (Lipinski definition) is 2. The van der Waals surface area contributed by atoms with Crippen molar-refractivity contribution in [2.24, 2.45) is 4.99 Å². The summed E-state index contributed by atoms with van der Waals surface area (Å²) in [5.41, 5.74) is 2.19. The van der Waals surface area contributed by atoms with Crippen molar-refractivity contribution in [3.05, 3.63) is 34.8 Å². The van der Waals surface area contributed by atoms with Gasteiger partial charge in [-0.3, -0.25) is 4.99 Å². The van der Waals surface area contributed by atoms with Crippen LogP contribution in [0.5, 0.6) is 0 Å². The van der Waals surface area contributed by atoms with Gasteiger partial charge in [0.25, 0.3) is 0 Å². The zero-order valence-electron chi connectivity index (χ0n) is 7.70. The van der Waals surface area contributed by atoms with Crippen LogP contribution in [0, 0.1) is 0 Å². The Bertz CT molecular complexity index is 550. The summed E-state index contributed by atoms with van der Waals surface area (Å²) in [6.45, 7) is 0. The molecule has 1 N–H and O–H groups in total. The molecule has 1 aromatic rings. The van der Waals surface area contributed by atoms with Crippen LogP contribution in [0.4, 0.5) is 11.4 Å². The number of fused-ring (bicyclic) bond motifs is 3. The van der Waals surface area contributed by atoms with Crippen molar-refractivity contribution in [3.63, 3.8) is 0 Å². The fourth-order valence-electron chi connectivity index (χ4n) is 1.82. The largest absolute Gasteiger partial charge is 0.359 e. The zero-order valence-corrected chi connectivity index (χ0v) is 7.70. The second-order valence-corrected chi connectivity index (χ2v) is 3.39. The van der Waals surface area contributed by atoms with Crippen LogP contribution in [0.15, 0.2) is 29.4 Å². The number of nitrogens with one attached hydrogen (secondary N) is 1. The Hall–Kier alpha value is -1.83. The Labute approximate surface area is 82.0 Å². The molecule has 0 unspecified atom stereocenters. The molecule has 2 heteroatoms. The van der Waals surface area contributed by atoms with Crippen molar-refractivity contribution in [2.45, 2.75) is 6.42 Å². The van der Waals surface area contributed by atoms with E-state index in [4.69, 9.17) is 0 Å². The van der Waals surface area contributed by atoms with E-state index in [1.807, 2.05) is 18.5 Å². The van der Waals surface area contributed by atoms with Gasteiger partial charge >= 0.3 is 0 Å². The predicted molar refractivity (Wildman–Crippen MR) is 60.2 cm³/mol. The van der Waals surface area contributed by atoms with Gasteiger partial charge in [0.05, 0.1) is 11.4 Å². The minimum Gasteiger partial charge on any atom is -0.359 e. The molecule has 0 saturated heterocycles. The molecule has 3 rings (SSSR count). The minimum atomic E-state index is 0.936. The minimum absolute atomic E-state index is 0.936. The van der Waals surface area contributed by atoms with Gasteiger partial charge < -0.3 is 5.32 Å². The monoisotopic (exact) mass is 182 g/mol. The van der Waals surface area contributed by atoms with Crippen LogP contribution in [0.2, 0.25) is 0 Å². The molecule has 14 heavy (non-hydrogen) atoms. The van der Waals surface area contributed by atoms with Gasteiger partial charge in [0.15, 0.2) is 0 Å². The van der Waals surface area contributed by atoms with E-state index in [2.05, 4.69) is 34.6 Å². The quantitative estimate of drug-likeness (QED) is 0.642. The lowest BCUT2D eigenvalue weighted by atomic mass is 10.1. The number of aliphatic imine (C=N–C) groups is 1. The zero-order chi connectivity index (χ0) is 9.38. The molecule has 2 aliphatic rings. The third-order valence-corrected chi connectivity index (χ3v) is 2.50. The Kier molecular flexibility index (Phi) is 1.53. The molecule has 0 fully saturated rings. The lowest BCUT2D eigenvalue weighted by Gasteiger charge is -2.11. The molecular formula is C12H10N2. The van der Waals surface area contributed by atoms with E-state index in [0.29, 0.717) is 0 Å². The number of allylic oxidation sites excluding steroid dienone is 1. The molecule has 1 aromatic carbocycles. The third kappa shape index (κ3) is 1.01. The Morgan fingerprint density at radius 3 is 3.14 bits per heavy atom. The smallest absolute Gasteiger partial charge is 0.0935 e. The van der Waals surface area contributed by atoms with Gasteiger partial charge in [0.2, 0.25) is 0 Å². The van der Waals surface area contributed by atoms with Crippen molar-refractivity contribution in [3.8, 4) is 0 Å². The maximum Gasteiger partial charge on any atom is 0.0935 e. The summed E-state index contributed by atoms with van der Waals surface area (Å²) >= 11 is 0. The number of anilines is 1. The van der Waals surface area contributed by atoms with Crippen LogP contribution in [-0.2, 0) is 0 Å². The molecule has 0 saturated carbocycles. The Balaban J connectivity index is 2.42. The SMILES string of the molecule is C1=CNc2c3c(ccc2=C1)=CCC=N3. The second kappa shape index (κ2) is 2.84. The number of hydrogen-bond donors (Lipinski definition) is 1. The summed E-state index contributed by atoms with van der Waals surface area (Å²) in [5.74, 6) is 0. The van der Waals surface area contributed by atoms with Crippen molar-refractivity contribution >= 4 is 29.7 Å². The maximum absolute atomic E-state index is 4.43. The topological polar surface area (TPSA) is 24.4 Å². The molecule has 0 spiro atoms. The molecule has 68 valence electrons. The molecule has 0 radical (unpaired) electrons. The van der Waals surface area contributed by atoms with Gasteiger partial charge in [-0.05, 0) is 11.3 Å². The van der Waals surface area contributed by atoms with Gasteiger partial charge in [0, 0.05) is 24.1 Å². The van der Waals surface area contributed by atoms with E-state index in [1.165, 1.54) is 10.4 Å². The number of benzene rings is 1. The fourth-order valence-corrected chi connectivity index (χ4v) is 1.82. The highest BCUT2D eigenvalue weighted by atomic mass is 14.9. The summed E-state index contributed by atoms with van der Waals surface area (Å²) in [5, 5.41) is 5.68. The molecule has 0 aromatic heterocycles. The van der Waals surface area contributed by atoms with Gasteiger partial charge in [-0.1, -0.05) is 24.3 Å². The standard InChI is InChI=1S/C12H10N2/c1-3-9-5-6-10-4-2-8-14-12(10)11(9)13-7-1/h1,3-8,13H,2H2. The van der Waals surface area contributed by atoms with E-state index in [1.54, 1.807) is 0 Å². The first-order valence-corrected chi connectivity index (χ1v) is 4.74. The molecular weight excluding hydrogens is 172 g/mol. The van der Waals surface area contributed by atoms with E-state index in [-0.39, 0.29) is 0 Å². The summed E-state index contributed by atoms with van der Waals surface area (Å²) in [4.78, 5) is 4.43. The molecule has 0 bridgehead atoms. The van der Waals surface area contributed by atoms with Crippen molar-refractivity contribution in [2.75, 3.05) is 5.32 Å². The van der Waals surface area contributed by atoms with Crippen LogP contribution >= 0.6 is 0 Å². The molecule has 2 aliphatic heterocycles. The first kappa shape index (κ1) is 7.56. The summed E-state index contributed by atoms with van der Waals surface area (Å²) in [6, 6.07) is 4.25. The summed E-state index contributed by atoms with van der Waals surface area (Å²) < 4.78 is 0. The lowest BCUT2D eigenvalue weighted by molar-refractivity contribution is 1.36. The van der Waals surface area contributed by atoms with E-state index < -0.39 is 0 Å². The van der Waals surface area contributed by atoms with Crippen LogP contribution in [-0.4, -0.2) is 6.21 Å². The normalized spacial score (nSPS) is 16.0. The summed E-state index contributed by atoms with van der Waals surface area (Å²) in [7, 11) is 0. The average molecular weight is 182 g/mol.